The van der Waals surface area contributed by atoms with E-state index in [9.17, 15) is 0 Å². The van der Waals surface area contributed by atoms with Gasteiger partial charge < -0.3 is 20.8 Å². The molecular weight excluding hydrogens is 254 g/mol. The maximum Gasteiger partial charge on any atom is 0.144 e. The van der Waals surface area contributed by atoms with Gasteiger partial charge in [-0.2, -0.15) is 0 Å². The lowest BCUT2D eigenvalue weighted by molar-refractivity contribution is 0.304. The molecule has 1 aromatic heterocycles. The molecule has 0 saturated heterocycles. The van der Waals surface area contributed by atoms with Crippen LogP contribution in [0, 0.1) is 5.41 Å². The van der Waals surface area contributed by atoms with Gasteiger partial charge in [-0.3, -0.25) is 0 Å². The average molecular weight is 281 g/mol. The van der Waals surface area contributed by atoms with Gasteiger partial charge in [0, 0.05) is 37.8 Å². The number of imidazole rings is 1. The van der Waals surface area contributed by atoms with E-state index in [2.05, 4.69) is 15.5 Å². The number of rotatable bonds is 9. The molecule has 0 aliphatic carbocycles. The summed E-state index contributed by atoms with van der Waals surface area (Å²) in [5, 5.41) is 15.2. The van der Waals surface area contributed by atoms with Crippen LogP contribution in [0.25, 0.3) is 0 Å². The van der Waals surface area contributed by atoms with Crippen molar-refractivity contribution in [2.24, 2.45) is 23.4 Å². The first kappa shape index (κ1) is 16.5. The number of nitrogens with one attached hydrogen (secondary N) is 1. The average Bonchev–Trinajstić information content (AvgIpc) is 2.82. The van der Waals surface area contributed by atoms with Gasteiger partial charge in [-0.1, -0.05) is 25.4 Å². The van der Waals surface area contributed by atoms with Gasteiger partial charge in [-0.25, -0.2) is 4.98 Å². The Morgan fingerprint density at radius 2 is 2.20 bits per heavy atom. The van der Waals surface area contributed by atoms with Crippen LogP contribution in [0.15, 0.2) is 17.5 Å². The van der Waals surface area contributed by atoms with E-state index >= 15 is 0 Å². The van der Waals surface area contributed by atoms with Gasteiger partial charge in [0.05, 0.1) is 0 Å². The van der Waals surface area contributed by atoms with Crippen LogP contribution >= 0.6 is 0 Å². The molecule has 114 valence electrons. The Labute approximate surface area is 121 Å². The third kappa shape index (κ3) is 5.21. The van der Waals surface area contributed by atoms with E-state index in [4.69, 9.17) is 10.9 Å². The van der Waals surface area contributed by atoms with Crippen molar-refractivity contribution in [3.63, 3.8) is 0 Å². The first-order chi connectivity index (χ1) is 9.47. The van der Waals surface area contributed by atoms with Gasteiger partial charge in [0.25, 0.3) is 0 Å². The molecular formula is C14H27N5O. The first-order valence-corrected chi connectivity index (χ1v) is 7.12. The number of unbranched alkanes of at least 4 members (excludes halogenated alkanes) is 1. The summed E-state index contributed by atoms with van der Waals surface area (Å²) in [7, 11) is 2.01. The van der Waals surface area contributed by atoms with E-state index in [1.807, 2.05) is 37.9 Å². The van der Waals surface area contributed by atoms with Crippen molar-refractivity contribution >= 4 is 5.84 Å². The Balaban J connectivity index is 2.07. The van der Waals surface area contributed by atoms with Crippen LogP contribution in [0.5, 0.6) is 0 Å². The smallest absolute Gasteiger partial charge is 0.144 e. The zero-order chi connectivity index (χ0) is 15.0. The van der Waals surface area contributed by atoms with Crippen molar-refractivity contribution in [3.8, 4) is 0 Å². The summed E-state index contributed by atoms with van der Waals surface area (Å²) in [6.07, 6.45) is 7.79. The normalized spacial score (nSPS) is 12.8. The standard InChI is InChI=1S/C14H27N5O/c1-14(2,13(15)18-20)7-4-5-8-16-9-6-12-17-10-11-19(12)3/h10-11,16,20H,4-9H2,1-3H3,(H2,15,18). The number of hydrogen-bond acceptors (Lipinski definition) is 4. The fourth-order valence-corrected chi connectivity index (χ4v) is 2.04. The summed E-state index contributed by atoms with van der Waals surface area (Å²) in [6, 6.07) is 0. The van der Waals surface area contributed by atoms with E-state index < -0.39 is 0 Å². The van der Waals surface area contributed by atoms with Crippen molar-refractivity contribution in [2.75, 3.05) is 13.1 Å². The monoisotopic (exact) mass is 281 g/mol. The molecule has 0 unspecified atom stereocenters. The molecule has 0 atom stereocenters. The summed E-state index contributed by atoms with van der Waals surface area (Å²) in [6.45, 7) is 5.91. The molecule has 0 bridgehead atoms. The van der Waals surface area contributed by atoms with Crippen molar-refractivity contribution in [1.82, 2.24) is 14.9 Å². The van der Waals surface area contributed by atoms with Gasteiger partial charge in [0.15, 0.2) is 0 Å². The maximum atomic E-state index is 8.70. The van der Waals surface area contributed by atoms with Gasteiger partial charge in [0.1, 0.15) is 11.7 Å². The molecule has 1 rings (SSSR count). The number of oxime groups is 1. The molecule has 0 saturated carbocycles. The Morgan fingerprint density at radius 3 is 2.80 bits per heavy atom. The second-order valence-corrected chi connectivity index (χ2v) is 5.78. The Hall–Kier alpha value is -1.56. The molecule has 0 spiro atoms. The summed E-state index contributed by atoms with van der Waals surface area (Å²) < 4.78 is 2.04. The van der Waals surface area contributed by atoms with Crippen LogP contribution in [0.3, 0.4) is 0 Å². The molecule has 1 heterocycles. The number of aryl methyl sites for hydroxylation is 1. The quantitative estimate of drug-likeness (QED) is 0.210. The van der Waals surface area contributed by atoms with Crippen molar-refractivity contribution in [1.29, 1.82) is 0 Å². The minimum Gasteiger partial charge on any atom is -0.409 e. The van der Waals surface area contributed by atoms with E-state index in [1.165, 1.54) is 0 Å². The third-order valence-corrected chi connectivity index (χ3v) is 3.65. The highest BCUT2D eigenvalue weighted by Gasteiger charge is 2.22. The highest BCUT2D eigenvalue weighted by molar-refractivity contribution is 5.85. The topological polar surface area (TPSA) is 88.5 Å². The molecule has 20 heavy (non-hydrogen) atoms. The van der Waals surface area contributed by atoms with Crippen LogP contribution < -0.4 is 11.1 Å². The molecule has 0 aromatic carbocycles. The van der Waals surface area contributed by atoms with Crippen molar-refractivity contribution < 1.29 is 5.21 Å². The van der Waals surface area contributed by atoms with Crippen LogP contribution in [0.1, 0.15) is 38.9 Å². The third-order valence-electron chi connectivity index (χ3n) is 3.65. The van der Waals surface area contributed by atoms with E-state index in [-0.39, 0.29) is 5.41 Å². The lowest BCUT2D eigenvalue weighted by Crippen LogP contribution is -2.32. The van der Waals surface area contributed by atoms with Crippen LogP contribution in [-0.2, 0) is 13.5 Å². The number of hydrogen-bond donors (Lipinski definition) is 3. The summed E-state index contributed by atoms with van der Waals surface area (Å²) >= 11 is 0. The largest absolute Gasteiger partial charge is 0.409 e. The van der Waals surface area contributed by atoms with Crippen molar-refractivity contribution in [2.45, 2.75) is 39.5 Å². The number of amidine groups is 1. The second-order valence-electron chi connectivity index (χ2n) is 5.78. The molecule has 4 N–H and O–H groups in total. The highest BCUT2D eigenvalue weighted by Crippen LogP contribution is 2.22. The van der Waals surface area contributed by atoms with Crippen LogP contribution in [-0.4, -0.2) is 33.7 Å². The van der Waals surface area contributed by atoms with Gasteiger partial charge in [-0.15, -0.1) is 0 Å². The maximum absolute atomic E-state index is 8.70. The molecule has 0 aliphatic rings. The van der Waals surface area contributed by atoms with E-state index in [0.29, 0.717) is 5.84 Å². The number of nitrogens with two attached hydrogens (primary N) is 1. The molecule has 0 fully saturated rings. The molecule has 0 aliphatic heterocycles. The zero-order valence-electron chi connectivity index (χ0n) is 12.8. The highest BCUT2D eigenvalue weighted by atomic mass is 16.4. The van der Waals surface area contributed by atoms with E-state index in [0.717, 1.165) is 44.6 Å². The minimum absolute atomic E-state index is 0.234. The second kappa shape index (κ2) is 7.89. The summed E-state index contributed by atoms with van der Waals surface area (Å²) in [4.78, 5) is 4.28. The fraction of sp³-hybridized carbons (Fsp3) is 0.714. The SMILES string of the molecule is Cn1ccnc1CCNCCCCC(C)(C)/C(N)=N/O. The zero-order valence-corrected chi connectivity index (χ0v) is 12.8. The van der Waals surface area contributed by atoms with Gasteiger partial charge in [-0.05, 0) is 19.4 Å². The van der Waals surface area contributed by atoms with Gasteiger partial charge >= 0.3 is 0 Å². The Morgan fingerprint density at radius 1 is 1.45 bits per heavy atom. The molecule has 6 heteroatoms. The summed E-state index contributed by atoms with van der Waals surface area (Å²) in [5.41, 5.74) is 5.42. The number of aromatic nitrogens is 2. The van der Waals surface area contributed by atoms with Crippen LogP contribution in [0.2, 0.25) is 0 Å². The van der Waals surface area contributed by atoms with Crippen molar-refractivity contribution in [3.05, 3.63) is 18.2 Å². The predicted octanol–water partition coefficient (Wildman–Crippen LogP) is 1.50. The van der Waals surface area contributed by atoms with Gasteiger partial charge in [0.2, 0.25) is 0 Å². The van der Waals surface area contributed by atoms with E-state index in [1.54, 1.807) is 0 Å². The molecule has 0 amide bonds. The minimum atomic E-state index is -0.234. The van der Waals surface area contributed by atoms with Crippen LogP contribution in [0.4, 0.5) is 0 Å². The lowest BCUT2D eigenvalue weighted by Gasteiger charge is -2.22. The lowest BCUT2D eigenvalue weighted by atomic mass is 9.86. The molecule has 0 radical (unpaired) electrons. The fourth-order valence-electron chi connectivity index (χ4n) is 2.04. The predicted molar refractivity (Wildman–Crippen MR) is 80.8 cm³/mol. The Bertz CT molecular complexity index is 425. The first-order valence-electron chi connectivity index (χ1n) is 7.12. The molecule has 1 aromatic rings. The number of nitrogens with zero attached hydrogens (tertiary/aromatic N) is 3. The Kier molecular flexibility index (Phi) is 6.51. The molecule has 6 nitrogen and oxygen atoms in total. The summed E-state index contributed by atoms with van der Waals surface area (Å²) in [5.74, 6) is 1.41.